The highest BCUT2D eigenvalue weighted by Gasteiger charge is 2.29. The molecule has 0 aliphatic carbocycles. The Morgan fingerprint density at radius 2 is 1.28 bits per heavy atom. The SMILES string of the molecule is CC[C@@H]1c2ccsc2CCN1CC(=O)NCCNC(=O)CN1CCc2sccc2[C@@H]1CC. The van der Waals surface area contributed by atoms with Crippen molar-refractivity contribution >= 4 is 34.5 Å². The molecule has 0 bridgehead atoms. The minimum absolute atomic E-state index is 0.0310. The van der Waals surface area contributed by atoms with E-state index >= 15 is 0 Å². The van der Waals surface area contributed by atoms with E-state index in [1.54, 1.807) is 0 Å². The lowest BCUT2D eigenvalue weighted by molar-refractivity contribution is -0.124. The Bertz CT molecular complexity index is 851. The van der Waals surface area contributed by atoms with Crippen LogP contribution in [0.2, 0.25) is 0 Å². The topological polar surface area (TPSA) is 64.7 Å². The monoisotopic (exact) mass is 474 g/mol. The molecule has 0 aromatic carbocycles. The number of thiophene rings is 2. The zero-order valence-corrected chi connectivity index (χ0v) is 20.7. The van der Waals surface area contributed by atoms with Crippen LogP contribution in [0, 0.1) is 0 Å². The first-order valence-electron chi connectivity index (χ1n) is 11.7. The van der Waals surface area contributed by atoms with E-state index in [2.05, 4.69) is 57.2 Å². The fraction of sp³-hybridized carbons (Fsp3) is 0.583. The summed E-state index contributed by atoms with van der Waals surface area (Å²) >= 11 is 3.65. The van der Waals surface area contributed by atoms with Gasteiger partial charge in [0.25, 0.3) is 0 Å². The van der Waals surface area contributed by atoms with E-state index in [1.807, 2.05) is 22.7 Å². The number of fused-ring (bicyclic) bond motifs is 2. The smallest absolute Gasteiger partial charge is 0.234 e. The second kappa shape index (κ2) is 10.9. The van der Waals surface area contributed by atoms with E-state index in [0.29, 0.717) is 38.3 Å². The third-order valence-electron chi connectivity index (χ3n) is 6.65. The summed E-state index contributed by atoms with van der Waals surface area (Å²) in [6.07, 6.45) is 4.06. The average Bonchev–Trinajstić information content (AvgIpc) is 3.46. The first-order valence-corrected chi connectivity index (χ1v) is 13.5. The Morgan fingerprint density at radius 1 is 0.844 bits per heavy atom. The van der Waals surface area contributed by atoms with Crippen LogP contribution in [0.25, 0.3) is 0 Å². The van der Waals surface area contributed by atoms with Crippen LogP contribution in [0.5, 0.6) is 0 Å². The molecule has 0 saturated heterocycles. The van der Waals surface area contributed by atoms with Crippen molar-refractivity contribution in [2.45, 2.75) is 51.6 Å². The number of hydrogen-bond donors (Lipinski definition) is 2. The average molecular weight is 475 g/mol. The molecule has 2 N–H and O–H groups in total. The van der Waals surface area contributed by atoms with Crippen LogP contribution in [0.15, 0.2) is 22.9 Å². The van der Waals surface area contributed by atoms with Gasteiger partial charge < -0.3 is 10.6 Å². The van der Waals surface area contributed by atoms with Gasteiger partial charge in [0.2, 0.25) is 11.8 Å². The summed E-state index contributed by atoms with van der Waals surface area (Å²) in [4.78, 5) is 32.5. The zero-order chi connectivity index (χ0) is 22.5. The van der Waals surface area contributed by atoms with Crippen LogP contribution in [-0.4, -0.2) is 60.9 Å². The van der Waals surface area contributed by atoms with Gasteiger partial charge in [-0.2, -0.15) is 0 Å². The quantitative estimate of drug-likeness (QED) is 0.547. The maximum atomic E-state index is 12.5. The van der Waals surface area contributed by atoms with Crippen molar-refractivity contribution in [2.24, 2.45) is 0 Å². The fourth-order valence-corrected chi connectivity index (χ4v) is 6.97. The van der Waals surface area contributed by atoms with Gasteiger partial charge in [0.15, 0.2) is 0 Å². The van der Waals surface area contributed by atoms with E-state index < -0.39 is 0 Å². The Labute approximate surface area is 199 Å². The molecule has 32 heavy (non-hydrogen) atoms. The molecular formula is C24H34N4O2S2. The van der Waals surface area contributed by atoms with Gasteiger partial charge in [-0.1, -0.05) is 13.8 Å². The Morgan fingerprint density at radius 3 is 1.69 bits per heavy atom. The molecule has 4 heterocycles. The standard InChI is InChI=1S/C24H34N4O2S2/c1-3-19-17-7-13-31-21(17)5-11-27(19)15-23(29)25-9-10-26-24(30)16-28-12-6-22-18(8-14-32-22)20(28)4-2/h7-8,13-14,19-20H,3-6,9-12,15-16H2,1-2H3,(H,25,29)(H,26,30)/t19-,20+. The van der Waals surface area contributed by atoms with Gasteiger partial charge >= 0.3 is 0 Å². The molecule has 0 fully saturated rings. The molecular weight excluding hydrogens is 440 g/mol. The number of rotatable bonds is 9. The second-order valence-electron chi connectivity index (χ2n) is 8.59. The number of hydrogen-bond acceptors (Lipinski definition) is 6. The lowest BCUT2D eigenvalue weighted by Gasteiger charge is -2.35. The highest BCUT2D eigenvalue weighted by atomic mass is 32.1. The van der Waals surface area contributed by atoms with Crippen LogP contribution in [0.1, 0.15) is 59.7 Å². The van der Waals surface area contributed by atoms with Crippen molar-refractivity contribution < 1.29 is 9.59 Å². The molecule has 0 spiro atoms. The highest BCUT2D eigenvalue weighted by molar-refractivity contribution is 7.10. The summed E-state index contributed by atoms with van der Waals surface area (Å²) in [5.74, 6) is 0.0619. The van der Waals surface area contributed by atoms with Gasteiger partial charge in [-0.05, 0) is 59.7 Å². The second-order valence-corrected chi connectivity index (χ2v) is 10.6. The number of carbonyl (C=O) groups excluding carboxylic acids is 2. The molecule has 2 aliphatic heterocycles. The minimum Gasteiger partial charge on any atom is -0.353 e. The van der Waals surface area contributed by atoms with Gasteiger partial charge in [-0.25, -0.2) is 0 Å². The number of carbonyl (C=O) groups is 2. The van der Waals surface area contributed by atoms with Crippen molar-refractivity contribution in [3.05, 3.63) is 43.8 Å². The number of nitrogens with zero attached hydrogens (tertiary/aromatic N) is 2. The molecule has 8 heteroatoms. The van der Waals surface area contributed by atoms with Crippen molar-refractivity contribution in [2.75, 3.05) is 39.3 Å². The van der Waals surface area contributed by atoms with Crippen LogP contribution in [0.3, 0.4) is 0 Å². The molecule has 4 rings (SSSR count). The highest BCUT2D eigenvalue weighted by Crippen LogP contribution is 2.35. The van der Waals surface area contributed by atoms with E-state index in [1.165, 1.54) is 20.9 Å². The molecule has 6 nitrogen and oxygen atoms in total. The summed E-state index contributed by atoms with van der Waals surface area (Å²) in [7, 11) is 0. The lowest BCUT2D eigenvalue weighted by Crippen LogP contribution is -2.45. The molecule has 2 amide bonds. The van der Waals surface area contributed by atoms with Crippen molar-refractivity contribution in [3.8, 4) is 0 Å². The normalized spacial score (nSPS) is 21.1. The Kier molecular flexibility index (Phi) is 7.99. The summed E-state index contributed by atoms with van der Waals surface area (Å²) in [6.45, 7) is 7.97. The fourth-order valence-electron chi connectivity index (χ4n) is 5.12. The largest absolute Gasteiger partial charge is 0.353 e. The van der Waals surface area contributed by atoms with Crippen LogP contribution >= 0.6 is 22.7 Å². The van der Waals surface area contributed by atoms with Crippen LogP contribution in [-0.2, 0) is 22.4 Å². The predicted molar refractivity (Wildman–Crippen MR) is 131 cm³/mol. The van der Waals surface area contributed by atoms with E-state index in [9.17, 15) is 9.59 Å². The molecule has 0 saturated carbocycles. The molecule has 0 radical (unpaired) electrons. The third-order valence-corrected chi connectivity index (χ3v) is 8.64. The molecule has 2 aromatic rings. The van der Waals surface area contributed by atoms with E-state index in [-0.39, 0.29) is 11.8 Å². The van der Waals surface area contributed by atoms with Crippen molar-refractivity contribution in [1.29, 1.82) is 0 Å². The van der Waals surface area contributed by atoms with E-state index in [0.717, 1.165) is 38.8 Å². The van der Waals surface area contributed by atoms with Gasteiger partial charge in [0.05, 0.1) is 13.1 Å². The predicted octanol–water partition coefficient (Wildman–Crippen LogP) is 3.36. The maximum absolute atomic E-state index is 12.5. The molecule has 0 unspecified atom stereocenters. The van der Waals surface area contributed by atoms with Crippen LogP contribution in [0.4, 0.5) is 0 Å². The number of amides is 2. The zero-order valence-electron chi connectivity index (χ0n) is 19.1. The Balaban J connectivity index is 1.17. The number of nitrogens with one attached hydrogen (secondary N) is 2. The van der Waals surface area contributed by atoms with Crippen molar-refractivity contribution in [3.63, 3.8) is 0 Å². The third kappa shape index (κ3) is 5.25. The van der Waals surface area contributed by atoms with E-state index in [4.69, 9.17) is 0 Å². The molecule has 2 aromatic heterocycles. The van der Waals surface area contributed by atoms with Gasteiger partial charge in [0, 0.05) is 48.0 Å². The first kappa shape index (κ1) is 23.4. The molecule has 2 aliphatic rings. The van der Waals surface area contributed by atoms with Gasteiger partial charge in [0.1, 0.15) is 0 Å². The molecule has 2 atom stereocenters. The van der Waals surface area contributed by atoms with Gasteiger partial charge in [-0.3, -0.25) is 19.4 Å². The minimum atomic E-state index is 0.0310. The maximum Gasteiger partial charge on any atom is 0.234 e. The Hall–Kier alpha value is -1.74. The summed E-state index contributed by atoms with van der Waals surface area (Å²) in [5, 5.41) is 10.3. The summed E-state index contributed by atoms with van der Waals surface area (Å²) < 4.78 is 0. The van der Waals surface area contributed by atoms with Crippen LogP contribution < -0.4 is 10.6 Å². The first-order chi connectivity index (χ1) is 15.6. The lowest BCUT2D eigenvalue weighted by atomic mass is 9.98. The summed E-state index contributed by atoms with van der Waals surface area (Å²) in [5.41, 5.74) is 2.78. The summed E-state index contributed by atoms with van der Waals surface area (Å²) in [6, 6.07) is 5.07. The van der Waals surface area contributed by atoms with Gasteiger partial charge in [-0.15, -0.1) is 22.7 Å². The van der Waals surface area contributed by atoms with Crippen molar-refractivity contribution in [1.82, 2.24) is 20.4 Å². The molecule has 174 valence electrons.